The summed E-state index contributed by atoms with van der Waals surface area (Å²) in [6.07, 6.45) is 3.39. The van der Waals surface area contributed by atoms with Gasteiger partial charge in [0.1, 0.15) is 5.69 Å². The second-order valence-electron chi connectivity index (χ2n) is 5.97. The number of aromatic nitrogens is 1. The van der Waals surface area contributed by atoms with Gasteiger partial charge in [-0.25, -0.2) is 0 Å². The van der Waals surface area contributed by atoms with E-state index in [4.69, 9.17) is 0 Å². The summed E-state index contributed by atoms with van der Waals surface area (Å²) in [5, 5.41) is 2.93. The minimum absolute atomic E-state index is 0.0252. The fourth-order valence-corrected chi connectivity index (χ4v) is 3.35. The van der Waals surface area contributed by atoms with E-state index in [2.05, 4.69) is 22.4 Å². The van der Waals surface area contributed by atoms with Crippen LogP contribution in [-0.2, 0) is 12.8 Å². The van der Waals surface area contributed by atoms with E-state index in [0.717, 1.165) is 24.2 Å². The van der Waals surface area contributed by atoms with E-state index in [1.165, 1.54) is 24.5 Å². The molecule has 0 aliphatic heterocycles. The van der Waals surface area contributed by atoms with Gasteiger partial charge in [0.2, 0.25) is 0 Å². The van der Waals surface area contributed by atoms with E-state index in [1.807, 2.05) is 13.0 Å². The van der Waals surface area contributed by atoms with Crippen molar-refractivity contribution >= 4 is 17.4 Å². The highest BCUT2D eigenvalue weighted by Crippen LogP contribution is 2.26. The molecule has 0 bridgehead atoms. The Labute approximate surface area is 129 Å². The Balaban J connectivity index is 1.86. The van der Waals surface area contributed by atoms with Gasteiger partial charge in [-0.2, -0.15) is 0 Å². The van der Waals surface area contributed by atoms with E-state index in [1.54, 1.807) is 6.92 Å². The fraction of sp³-hybridized carbons (Fsp3) is 0.333. The van der Waals surface area contributed by atoms with E-state index in [0.29, 0.717) is 16.8 Å². The molecule has 0 spiro atoms. The van der Waals surface area contributed by atoms with Gasteiger partial charge in [-0.3, -0.25) is 9.59 Å². The molecule has 2 aromatic rings. The largest absolute Gasteiger partial charge is 0.354 e. The Morgan fingerprint density at radius 3 is 2.55 bits per heavy atom. The molecule has 22 heavy (non-hydrogen) atoms. The van der Waals surface area contributed by atoms with Crippen LogP contribution in [0.15, 0.2) is 18.2 Å². The van der Waals surface area contributed by atoms with Crippen LogP contribution in [0.4, 0.5) is 5.69 Å². The molecule has 0 unspecified atom stereocenters. The number of anilines is 1. The lowest BCUT2D eigenvalue weighted by atomic mass is 10.1. The molecule has 1 aromatic heterocycles. The fourth-order valence-electron chi connectivity index (χ4n) is 3.35. The molecule has 1 aliphatic rings. The second kappa shape index (κ2) is 5.44. The number of hydrogen-bond acceptors (Lipinski definition) is 2. The van der Waals surface area contributed by atoms with Gasteiger partial charge in [-0.1, -0.05) is 6.07 Å². The molecule has 114 valence electrons. The molecule has 0 fully saturated rings. The number of aromatic amines is 1. The molecule has 1 aromatic carbocycles. The first-order chi connectivity index (χ1) is 10.5. The highest BCUT2D eigenvalue weighted by atomic mass is 16.2. The van der Waals surface area contributed by atoms with Gasteiger partial charge in [-0.15, -0.1) is 0 Å². The first-order valence-electron chi connectivity index (χ1n) is 7.60. The monoisotopic (exact) mass is 296 g/mol. The summed E-state index contributed by atoms with van der Waals surface area (Å²) in [4.78, 5) is 27.2. The van der Waals surface area contributed by atoms with Gasteiger partial charge in [0.05, 0.1) is 0 Å². The van der Waals surface area contributed by atoms with Gasteiger partial charge >= 0.3 is 0 Å². The van der Waals surface area contributed by atoms with Gasteiger partial charge in [0.15, 0.2) is 5.78 Å². The number of benzene rings is 1. The average molecular weight is 296 g/mol. The Bertz CT molecular complexity index is 772. The number of rotatable bonds is 3. The number of hydrogen-bond donors (Lipinski definition) is 2. The molecule has 4 nitrogen and oxygen atoms in total. The van der Waals surface area contributed by atoms with Crippen molar-refractivity contribution < 1.29 is 9.59 Å². The van der Waals surface area contributed by atoms with Crippen molar-refractivity contribution in [2.45, 2.75) is 40.0 Å². The van der Waals surface area contributed by atoms with Crippen LogP contribution in [0.2, 0.25) is 0 Å². The third-order valence-electron chi connectivity index (χ3n) is 4.37. The molecular formula is C18H20N2O2. The van der Waals surface area contributed by atoms with Gasteiger partial charge in [0.25, 0.3) is 5.91 Å². The molecule has 0 radical (unpaired) electrons. The third kappa shape index (κ3) is 2.45. The molecule has 3 rings (SSSR count). The van der Waals surface area contributed by atoms with Crippen molar-refractivity contribution in [2.75, 3.05) is 5.32 Å². The zero-order chi connectivity index (χ0) is 15.9. The average Bonchev–Trinajstić information content (AvgIpc) is 3.02. The molecule has 1 amide bonds. The van der Waals surface area contributed by atoms with Crippen LogP contribution in [0, 0.1) is 13.8 Å². The zero-order valence-electron chi connectivity index (χ0n) is 13.2. The summed E-state index contributed by atoms with van der Waals surface area (Å²) in [5.41, 5.74) is 6.03. The molecule has 1 heterocycles. The number of Topliss-reactive ketones (excluding diaryl/α,β-unsaturated/α-hetero) is 1. The lowest BCUT2D eigenvalue weighted by Crippen LogP contribution is -2.14. The Kier molecular flexibility index (Phi) is 3.61. The topological polar surface area (TPSA) is 62.0 Å². The second-order valence-corrected chi connectivity index (χ2v) is 5.97. The predicted molar refractivity (Wildman–Crippen MR) is 86.7 cm³/mol. The Hall–Kier alpha value is -2.36. The van der Waals surface area contributed by atoms with Crippen LogP contribution < -0.4 is 5.32 Å². The zero-order valence-corrected chi connectivity index (χ0v) is 13.2. The van der Waals surface area contributed by atoms with Crippen molar-refractivity contribution in [2.24, 2.45) is 0 Å². The minimum atomic E-state index is -0.203. The SMILES string of the molecule is CC(=O)c1c(C)[nH]c(C(=O)Nc2ccc3c(c2)CCC3)c1C. The van der Waals surface area contributed by atoms with Gasteiger partial charge < -0.3 is 10.3 Å². The maximum Gasteiger partial charge on any atom is 0.272 e. The standard InChI is InChI=1S/C18H20N2O2/c1-10-16(12(3)21)11(2)19-17(10)18(22)20-15-8-7-13-5-4-6-14(13)9-15/h7-9,19H,4-6H2,1-3H3,(H,20,22). The Morgan fingerprint density at radius 1 is 1.14 bits per heavy atom. The van der Waals surface area contributed by atoms with Crippen molar-refractivity contribution in [3.8, 4) is 0 Å². The summed E-state index contributed by atoms with van der Waals surface area (Å²) < 4.78 is 0. The van der Waals surface area contributed by atoms with Crippen molar-refractivity contribution in [1.29, 1.82) is 0 Å². The number of carbonyl (C=O) groups is 2. The van der Waals surface area contributed by atoms with E-state index >= 15 is 0 Å². The van der Waals surface area contributed by atoms with E-state index in [-0.39, 0.29) is 11.7 Å². The summed E-state index contributed by atoms with van der Waals surface area (Å²) in [5.74, 6) is -0.228. The first-order valence-corrected chi connectivity index (χ1v) is 7.60. The molecule has 0 saturated heterocycles. The summed E-state index contributed by atoms with van der Waals surface area (Å²) in [6, 6.07) is 6.09. The molecule has 4 heteroatoms. The maximum absolute atomic E-state index is 12.5. The number of ketones is 1. The van der Waals surface area contributed by atoms with Crippen LogP contribution in [0.3, 0.4) is 0 Å². The third-order valence-corrected chi connectivity index (χ3v) is 4.37. The highest BCUT2D eigenvalue weighted by Gasteiger charge is 2.20. The molecular weight excluding hydrogens is 276 g/mol. The first kappa shape index (κ1) is 14.6. The number of nitrogens with one attached hydrogen (secondary N) is 2. The minimum Gasteiger partial charge on any atom is -0.354 e. The number of amides is 1. The number of aryl methyl sites for hydroxylation is 3. The van der Waals surface area contributed by atoms with Gasteiger partial charge in [0, 0.05) is 16.9 Å². The Morgan fingerprint density at radius 2 is 1.86 bits per heavy atom. The lowest BCUT2D eigenvalue weighted by Gasteiger charge is -2.07. The molecule has 2 N–H and O–H groups in total. The van der Waals surface area contributed by atoms with Crippen molar-refractivity contribution in [1.82, 2.24) is 4.98 Å². The van der Waals surface area contributed by atoms with Crippen LogP contribution >= 0.6 is 0 Å². The smallest absolute Gasteiger partial charge is 0.272 e. The normalized spacial score (nSPS) is 13.0. The van der Waals surface area contributed by atoms with Crippen LogP contribution in [-0.4, -0.2) is 16.7 Å². The van der Waals surface area contributed by atoms with Crippen LogP contribution in [0.5, 0.6) is 0 Å². The number of fused-ring (bicyclic) bond motifs is 1. The predicted octanol–water partition coefficient (Wildman–Crippen LogP) is 3.58. The number of carbonyl (C=O) groups excluding carboxylic acids is 2. The quantitative estimate of drug-likeness (QED) is 0.850. The van der Waals surface area contributed by atoms with Crippen LogP contribution in [0.25, 0.3) is 0 Å². The van der Waals surface area contributed by atoms with E-state index in [9.17, 15) is 9.59 Å². The lowest BCUT2D eigenvalue weighted by molar-refractivity contribution is 0.101. The summed E-state index contributed by atoms with van der Waals surface area (Å²) in [7, 11) is 0. The highest BCUT2D eigenvalue weighted by molar-refractivity contribution is 6.07. The molecule has 0 saturated carbocycles. The van der Waals surface area contributed by atoms with E-state index < -0.39 is 0 Å². The molecule has 1 aliphatic carbocycles. The summed E-state index contributed by atoms with van der Waals surface area (Å²) >= 11 is 0. The summed E-state index contributed by atoms with van der Waals surface area (Å²) in [6.45, 7) is 5.14. The van der Waals surface area contributed by atoms with Crippen LogP contribution in [0.1, 0.15) is 56.6 Å². The van der Waals surface area contributed by atoms with Crippen molar-refractivity contribution in [3.63, 3.8) is 0 Å². The van der Waals surface area contributed by atoms with Crippen molar-refractivity contribution in [3.05, 3.63) is 51.8 Å². The molecule has 0 atom stereocenters. The maximum atomic E-state index is 12.5. The number of H-pyrrole nitrogens is 1. The van der Waals surface area contributed by atoms with Gasteiger partial charge in [-0.05, 0) is 68.9 Å².